The second-order valence-electron chi connectivity index (χ2n) is 6.03. The topological polar surface area (TPSA) is 65.1 Å². The van der Waals surface area contributed by atoms with Crippen LogP contribution in [0.15, 0.2) is 22.7 Å². The number of ether oxygens (including phenoxy) is 3. The van der Waals surface area contributed by atoms with Crippen molar-refractivity contribution in [1.29, 1.82) is 0 Å². The van der Waals surface area contributed by atoms with E-state index in [-0.39, 0.29) is 6.42 Å². The number of halogens is 1. The average molecular weight is 398 g/mol. The summed E-state index contributed by atoms with van der Waals surface area (Å²) >= 11 is 3.47. The van der Waals surface area contributed by atoms with Crippen molar-refractivity contribution in [3.05, 3.63) is 28.2 Å². The minimum atomic E-state index is -1.07. The molecule has 1 aromatic carbocycles. The number of nitrogens with zero attached hydrogens (tertiary/aromatic N) is 1. The van der Waals surface area contributed by atoms with Gasteiger partial charge in [-0.1, -0.05) is 29.8 Å². The summed E-state index contributed by atoms with van der Waals surface area (Å²) in [4.78, 5) is 25.5. The molecule has 3 rings (SSSR count). The van der Waals surface area contributed by atoms with Gasteiger partial charge in [0, 0.05) is 15.7 Å². The molecule has 0 saturated carbocycles. The molecule has 24 heavy (non-hydrogen) atoms. The van der Waals surface area contributed by atoms with Gasteiger partial charge in [-0.3, -0.25) is 14.5 Å². The number of carbonyl (C=O) groups excluding carboxylic acids is 2. The van der Waals surface area contributed by atoms with Crippen molar-refractivity contribution in [3.63, 3.8) is 0 Å². The fraction of sp³-hybridized carbons (Fsp3) is 0.529. The number of benzene rings is 1. The van der Waals surface area contributed by atoms with E-state index >= 15 is 0 Å². The van der Waals surface area contributed by atoms with Gasteiger partial charge in [-0.25, -0.2) is 0 Å². The lowest BCUT2D eigenvalue weighted by molar-refractivity contribution is -0.206. The van der Waals surface area contributed by atoms with Crippen LogP contribution in [0.5, 0.6) is 0 Å². The summed E-state index contributed by atoms with van der Waals surface area (Å²) < 4.78 is 17.6. The van der Waals surface area contributed by atoms with Crippen LogP contribution in [0.1, 0.15) is 38.7 Å². The first-order valence-corrected chi connectivity index (χ1v) is 8.83. The highest BCUT2D eigenvalue weighted by Gasteiger charge is 2.46. The third-order valence-corrected chi connectivity index (χ3v) is 5.21. The molecule has 7 heteroatoms. The van der Waals surface area contributed by atoms with Crippen LogP contribution in [0.2, 0.25) is 0 Å². The predicted octanol–water partition coefficient (Wildman–Crippen LogP) is 3.12. The third-order valence-electron chi connectivity index (χ3n) is 4.72. The van der Waals surface area contributed by atoms with Gasteiger partial charge < -0.3 is 14.2 Å². The van der Waals surface area contributed by atoms with E-state index in [2.05, 4.69) is 29.8 Å². The van der Waals surface area contributed by atoms with Crippen LogP contribution in [-0.2, 0) is 30.4 Å². The molecule has 1 saturated heterocycles. The Kier molecular flexibility index (Phi) is 4.83. The number of carbonyl (C=O) groups is 2. The van der Waals surface area contributed by atoms with Gasteiger partial charge in [-0.15, -0.1) is 0 Å². The quantitative estimate of drug-likeness (QED) is 0.576. The van der Waals surface area contributed by atoms with Crippen LogP contribution in [0.3, 0.4) is 0 Å². The highest BCUT2D eigenvalue weighted by atomic mass is 79.9. The Bertz CT molecular complexity index is 642. The van der Waals surface area contributed by atoms with Crippen molar-refractivity contribution in [2.45, 2.75) is 51.7 Å². The molecule has 1 aromatic rings. The Hall–Kier alpha value is -1.60. The highest BCUT2D eigenvalue weighted by Crippen LogP contribution is 2.40. The summed E-state index contributed by atoms with van der Waals surface area (Å²) in [6.45, 7) is 5.01. The minimum Gasteiger partial charge on any atom is -0.405 e. The predicted molar refractivity (Wildman–Crippen MR) is 90.2 cm³/mol. The lowest BCUT2D eigenvalue weighted by Gasteiger charge is -2.46. The Morgan fingerprint density at radius 3 is 2.50 bits per heavy atom. The normalized spacial score (nSPS) is 20.9. The third kappa shape index (κ3) is 3.02. The smallest absolute Gasteiger partial charge is 0.332 e. The lowest BCUT2D eigenvalue weighted by atomic mass is 9.91. The lowest BCUT2D eigenvalue weighted by Crippen LogP contribution is -2.59. The summed E-state index contributed by atoms with van der Waals surface area (Å²) in [7, 11) is 0. The SMILES string of the molecule is CCC1(CC)COCc2cc(Br)ccc2N1C1OC(=O)CC(=O)O1. The maximum atomic E-state index is 11.8. The number of fused-ring (bicyclic) bond motifs is 1. The maximum absolute atomic E-state index is 11.8. The fourth-order valence-electron chi connectivity index (χ4n) is 3.27. The molecular formula is C17H20BrNO5. The summed E-state index contributed by atoms with van der Waals surface area (Å²) in [5.41, 5.74) is 1.37. The van der Waals surface area contributed by atoms with Crippen molar-refractivity contribution < 1.29 is 23.8 Å². The molecule has 1 fully saturated rings. The molecule has 6 nitrogen and oxygen atoms in total. The van der Waals surface area contributed by atoms with Gasteiger partial charge in [0.25, 0.3) is 0 Å². The van der Waals surface area contributed by atoms with Crippen LogP contribution in [0.25, 0.3) is 0 Å². The molecule has 0 unspecified atom stereocenters. The molecule has 0 atom stereocenters. The number of anilines is 1. The highest BCUT2D eigenvalue weighted by molar-refractivity contribution is 9.10. The molecule has 0 amide bonds. The molecule has 0 spiro atoms. The fourth-order valence-corrected chi connectivity index (χ4v) is 3.68. The van der Waals surface area contributed by atoms with E-state index in [0.717, 1.165) is 28.6 Å². The number of cyclic esters (lactones) is 2. The number of esters is 2. The van der Waals surface area contributed by atoms with Crippen LogP contribution in [0.4, 0.5) is 5.69 Å². The summed E-state index contributed by atoms with van der Waals surface area (Å²) in [6.07, 6.45) is 0.0920. The largest absolute Gasteiger partial charge is 0.405 e. The van der Waals surface area contributed by atoms with Crippen LogP contribution < -0.4 is 4.90 Å². The molecular weight excluding hydrogens is 378 g/mol. The number of hydrogen-bond acceptors (Lipinski definition) is 6. The molecule has 0 aliphatic carbocycles. The summed E-state index contributed by atoms with van der Waals surface area (Å²) in [5, 5.41) is 0. The Balaban J connectivity index is 2.11. The van der Waals surface area contributed by atoms with Gasteiger partial charge >= 0.3 is 18.4 Å². The minimum absolute atomic E-state index is 0.348. The summed E-state index contributed by atoms with van der Waals surface area (Å²) in [6, 6.07) is 5.82. The second-order valence-corrected chi connectivity index (χ2v) is 6.95. The molecule has 0 bridgehead atoms. The van der Waals surface area contributed by atoms with Gasteiger partial charge in [0.1, 0.15) is 6.42 Å². The number of hydrogen-bond donors (Lipinski definition) is 0. The van der Waals surface area contributed by atoms with E-state index < -0.39 is 23.9 Å². The molecule has 2 aliphatic rings. The summed E-state index contributed by atoms with van der Waals surface area (Å²) in [5.74, 6) is -1.14. The second kappa shape index (κ2) is 6.72. The average Bonchev–Trinajstić information content (AvgIpc) is 2.70. The van der Waals surface area contributed by atoms with Gasteiger partial charge in [0.05, 0.1) is 18.8 Å². The first kappa shape index (κ1) is 17.2. The monoisotopic (exact) mass is 397 g/mol. The van der Waals surface area contributed by atoms with Crippen molar-refractivity contribution >= 4 is 33.6 Å². The Morgan fingerprint density at radius 2 is 1.88 bits per heavy atom. The van der Waals surface area contributed by atoms with Gasteiger partial charge in [0.2, 0.25) is 0 Å². The van der Waals surface area contributed by atoms with Crippen LogP contribution >= 0.6 is 15.9 Å². The van der Waals surface area contributed by atoms with E-state index in [0.29, 0.717) is 13.2 Å². The first-order valence-electron chi connectivity index (χ1n) is 8.03. The van der Waals surface area contributed by atoms with Crippen molar-refractivity contribution in [3.8, 4) is 0 Å². The first-order chi connectivity index (χ1) is 11.5. The van der Waals surface area contributed by atoms with Crippen molar-refractivity contribution in [1.82, 2.24) is 0 Å². The molecule has 0 radical (unpaired) electrons. The van der Waals surface area contributed by atoms with Gasteiger partial charge in [-0.05, 0) is 31.0 Å². The molecule has 0 aromatic heterocycles. The molecule has 130 valence electrons. The van der Waals surface area contributed by atoms with E-state index in [1.54, 1.807) is 0 Å². The van der Waals surface area contributed by atoms with Gasteiger partial charge in [-0.2, -0.15) is 0 Å². The molecule has 0 N–H and O–H groups in total. The van der Waals surface area contributed by atoms with E-state index in [1.165, 1.54) is 0 Å². The Labute approximate surface area is 149 Å². The molecule has 2 heterocycles. The Morgan fingerprint density at radius 1 is 1.21 bits per heavy atom. The standard InChI is InChI=1S/C17H20BrNO5/c1-3-17(4-2)10-22-9-11-7-12(18)5-6-13(11)19(17)16-23-14(20)8-15(21)24-16/h5-7,16H,3-4,8-10H2,1-2H3. The zero-order valence-electron chi connectivity index (χ0n) is 13.7. The van der Waals surface area contributed by atoms with Crippen LogP contribution in [0, 0.1) is 0 Å². The zero-order chi connectivity index (χ0) is 17.3. The van der Waals surface area contributed by atoms with Gasteiger partial charge in [0.15, 0.2) is 0 Å². The van der Waals surface area contributed by atoms with E-state index in [4.69, 9.17) is 14.2 Å². The molecule has 2 aliphatic heterocycles. The van der Waals surface area contributed by atoms with Crippen molar-refractivity contribution in [2.24, 2.45) is 0 Å². The number of rotatable bonds is 3. The van der Waals surface area contributed by atoms with E-state index in [1.807, 2.05) is 23.1 Å². The zero-order valence-corrected chi connectivity index (χ0v) is 15.3. The maximum Gasteiger partial charge on any atom is 0.332 e. The van der Waals surface area contributed by atoms with Crippen LogP contribution in [-0.4, -0.2) is 30.5 Å². The van der Waals surface area contributed by atoms with Crippen molar-refractivity contribution in [2.75, 3.05) is 11.5 Å². The van der Waals surface area contributed by atoms with E-state index in [9.17, 15) is 9.59 Å².